The molecule has 1 N–H and O–H groups in total. The van der Waals surface area contributed by atoms with Crippen molar-refractivity contribution < 1.29 is 35.9 Å². The fraction of sp³-hybridized carbons (Fsp3) is 0.200. The molecule has 0 spiro atoms. The summed E-state index contributed by atoms with van der Waals surface area (Å²) in [6.07, 6.45) is -8.98. The molecule has 7 nitrogen and oxygen atoms in total. The molecule has 4 aromatic heterocycles. The molecule has 146 valence electrons. The van der Waals surface area contributed by atoms with E-state index in [0.29, 0.717) is 0 Å². The maximum Gasteiger partial charge on any atom is 0.433 e. The van der Waals surface area contributed by atoms with Crippen LogP contribution in [0, 0.1) is 0 Å². The van der Waals surface area contributed by atoms with E-state index in [1.165, 1.54) is 6.07 Å². The molecule has 0 atom stereocenters. The second-order valence-corrected chi connectivity index (χ2v) is 5.63. The Morgan fingerprint density at radius 2 is 1.75 bits per heavy atom. The standard InChI is InChI=1S/C15H7F6N5O2/c16-14(17,18)7-3-9(15(19,20)21)23-12-6(7)1-2-10-22-8(4-26(10)12)13-25-24-11(5-27)28-13/h1-4,27H,5H2. The smallest absolute Gasteiger partial charge is 0.417 e. The van der Waals surface area contributed by atoms with E-state index in [1.54, 1.807) is 0 Å². The average Bonchev–Trinajstić information content (AvgIpc) is 3.25. The van der Waals surface area contributed by atoms with E-state index in [0.717, 1.165) is 16.7 Å². The van der Waals surface area contributed by atoms with Gasteiger partial charge >= 0.3 is 12.4 Å². The predicted molar refractivity (Wildman–Crippen MR) is 79.7 cm³/mol. The minimum absolute atomic E-state index is 0.00697. The molecule has 28 heavy (non-hydrogen) atoms. The van der Waals surface area contributed by atoms with Crippen molar-refractivity contribution in [3.8, 4) is 11.6 Å². The SMILES string of the molecule is OCc1nnc(-c2cn3c(ccc4c(C(F)(F)F)cc(C(F)(F)F)nc43)n2)o1. The number of fused-ring (bicyclic) bond motifs is 3. The van der Waals surface area contributed by atoms with Gasteiger partial charge in [-0.05, 0) is 18.2 Å². The number of hydrogen-bond donors (Lipinski definition) is 1. The van der Waals surface area contributed by atoms with Crippen molar-refractivity contribution in [2.45, 2.75) is 19.0 Å². The third-order valence-corrected chi connectivity index (χ3v) is 3.82. The topological polar surface area (TPSA) is 89.3 Å². The number of nitrogens with zero attached hydrogens (tertiary/aromatic N) is 5. The number of rotatable bonds is 2. The van der Waals surface area contributed by atoms with Crippen molar-refractivity contribution in [3.63, 3.8) is 0 Å². The van der Waals surface area contributed by atoms with Crippen molar-refractivity contribution in [3.05, 3.63) is 41.5 Å². The van der Waals surface area contributed by atoms with Gasteiger partial charge in [0.2, 0.25) is 5.89 Å². The van der Waals surface area contributed by atoms with Crippen LogP contribution in [-0.2, 0) is 19.0 Å². The molecular formula is C15H7F6N5O2. The first-order valence-corrected chi connectivity index (χ1v) is 7.49. The molecule has 0 fully saturated rings. The van der Waals surface area contributed by atoms with Gasteiger partial charge in [0.05, 0.1) is 5.56 Å². The van der Waals surface area contributed by atoms with Gasteiger partial charge in [0, 0.05) is 11.6 Å². The summed E-state index contributed by atoms with van der Waals surface area (Å²) in [6, 6.07) is 2.15. The van der Waals surface area contributed by atoms with Crippen LogP contribution in [0.25, 0.3) is 28.3 Å². The molecule has 4 rings (SSSR count). The zero-order valence-corrected chi connectivity index (χ0v) is 13.4. The molecule has 0 saturated heterocycles. The Hall–Kier alpha value is -3.22. The number of imidazole rings is 1. The van der Waals surface area contributed by atoms with E-state index in [1.807, 2.05) is 0 Å². The lowest BCUT2D eigenvalue weighted by Gasteiger charge is -2.14. The molecule has 0 bridgehead atoms. The van der Waals surface area contributed by atoms with Crippen LogP contribution in [0.5, 0.6) is 0 Å². The fourth-order valence-corrected chi connectivity index (χ4v) is 2.63. The molecule has 0 aliphatic heterocycles. The summed E-state index contributed by atoms with van der Waals surface area (Å²) in [6.45, 7) is -0.547. The van der Waals surface area contributed by atoms with Crippen molar-refractivity contribution in [2.75, 3.05) is 0 Å². The number of hydrogen-bond acceptors (Lipinski definition) is 6. The van der Waals surface area contributed by atoms with Crippen LogP contribution in [0.4, 0.5) is 26.3 Å². The van der Waals surface area contributed by atoms with Crippen molar-refractivity contribution in [1.29, 1.82) is 0 Å². The summed E-state index contributed by atoms with van der Waals surface area (Å²) in [5, 5.41) is 15.5. The molecule has 4 aromatic rings. The molecule has 13 heteroatoms. The van der Waals surface area contributed by atoms with Crippen LogP contribution in [-0.4, -0.2) is 29.7 Å². The Labute approximate surface area is 150 Å². The van der Waals surface area contributed by atoms with Crippen LogP contribution >= 0.6 is 0 Å². The Kier molecular flexibility index (Phi) is 3.82. The molecule has 0 saturated carbocycles. The van der Waals surface area contributed by atoms with Crippen molar-refractivity contribution in [2.24, 2.45) is 0 Å². The third kappa shape index (κ3) is 2.93. The molecular weight excluding hydrogens is 396 g/mol. The maximum absolute atomic E-state index is 13.3. The van der Waals surface area contributed by atoms with Crippen LogP contribution in [0.15, 0.2) is 28.8 Å². The highest BCUT2D eigenvalue weighted by Crippen LogP contribution is 2.38. The summed E-state index contributed by atoms with van der Waals surface area (Å²) >= 11 is 0. The molecule has 0 aliphatic carbocycles. The number of alkyl halides is 6. The lowest BCUT2D eigenvalue weighted by Crippen LogP contribution is -2.14. The Balaban J connectivity index is 2.02. The molecule has 0 radical (unpaired) electrons. The molecule has 4 heterocycles. The molecule has 0 unspecified atom stereocenters. The van der Waals surface area contributed by atoms with Gasteiger partial charge in [-0.3, -0.25) is 4.40 Å². The number of aliphatic hydroxyl groups is 1. The highest BCUT2D eigenvalue weighted by Gasteiger charge is 2.39. The van der Waals surface area contributed by atoms with Gasteiger partial charge in [-0.1, -0.05) is 0 Å². The Morgan fingerprint density at radius 1 is 1.00 bits per heavy atom. The lowest BCUT2D eigenvalue weighted by atomic mass is 10.1. The summed E-state index contributed by atoms with van der Waals surface area (Å²) in [7, 11) is 0. The van der Waals surface area contributed by atoms with E-state index in [-0.39, 0.29) is 29.2 Å². The van der Waals surface area contributed by atoms with Gasteiger partial charge in [-0.15, -0.1) is 10.2 Å². The van der Waals surface area contributed by atoms with Crippen molar-refractivity contribution >= 4 is 16.7 Å². The number of aliphatic hydroxyl groups excluding tert-OH is 1. The summed E-state index contributed by atoms with van der Waals surface area (Å²) in [5.41, 5.74) is -3.73. The molecule has 0 aliphatic rings. The Morgan fingerprint density at radius 3 is 2.36 bits per heavy atom. The highest BCUT2D eigenvalue weighted by molar-refractivity contribution is 5.83. The quantitative estimate of drug-likeness (QED) is 0.516. The third-order valence-electron chi connectivity index (χ3n) is 3.82. The van der Waals surface area contributed by atoms with Gasteiger partial charge in [0.25, 0.3) is 5.89 Å². The minimum Gasteiger partial charge on any atom is -0.417 e. The first kappa shape index (κ1) is 18.2. The lowest BCUT2D eigenvalue weighted by molar-refractivity contribution is -0.144. The Bertz CT molecular complexity index is 1190. The van der Waals surface area contributed by atoms with Gasteiger partial charge in [-0.2, -0.15) is 26.3 Å². The van der Waals surface area contributed by atoms with Crippen LogP contribution in [0.3, 0.4) is 0 Å². The van der Waals surface area contributed by atoms with Gasteiger partial charge in [0.15, 0.2) is 0 Å². The second-order valence-electron chi connectivity index (χ2n) is 5.63. The number of halogens is 6. The normalized spacial score (nSPS) is 13.0. The zero-order chi connectivity index (χ0) is 20.3. The van der Waals surface area contributed by atoms with E-state index in [2.05, 4.69) is 20.2 Å². The zero-order valence-electron chi connectivity index (χ0n) is 13.4. The monoisotopic (exact) mass is 403 g/mol. The van der Waals surface area contributed by atoms with E-state index >= 15 is 0 Å². The maximum atomic E-state index is 13.3. The average molecular weight is 403 g/mol. The first-order chi connectivity index (χ1) is 13.1. The van der Waals surface area contributed by atoms with Crippen molar-refractivity contribution in [1.82, 2.24) is 24.6 Å². The summed E-state index contributed by atoms with van der Waals surface area (Å²) in [5.74, 6) is -0.294. The van der Waals surface area contributed by atoms with E-state index in [9.17, 15) is 26.3 Å². The molecule has 0 amide bonds. The van der Waals surface area contributed by atoms with E-state index < -0.39 is 41.3 Å². The van der Waals surface area contributed by atoms with Gasteiger partial charge < -0.3 is 9.52 Å². The number of pyridine rings is 2. The van der Waals surface area contributed by atoms with Gasteiger partial charge in [-0.25, -0.2) is 9.97 Å². The largest absolute Gasteiger partial charge is 0.433 e. The van der Waals surface area contributed by atoms with E-state index in [4.69, 9.17) is 9.52 Å². The van der Waals surface area contributed by atoms with Crippen LogP contribution < -0.4 is 0 Å². The second kappa shape index (κ2) is 5.89. The molecule has 0 aromatic carbocycles. The highest BCUT2D eigenvalue weighted by atomic mass is 19.4. The number of aromatic nitrogens is 5. The fourth-order valence-electron chi connectivity index (χ4n) is 2.63. The van der Waals surface area contributed by atoms with Gasteiger partial charge in [0.1, 0.15) is 29.3 Å². The summed E-state index contributed by atoms with van der Waals surface area (Å²) in [4.78, 5) is 7.42. The minimum atomic E-state index is -5.08. The first-order valence-electron chi connectivity index (χ1n) is 7.49. The summed E-state index contributed by atoms with van der Waals surface area (Å²) < 4.78 is 85.3. The van der Waals surface area contributed by atoms with Crippen LogP contribution in [0.2, 0.25) is 0 Å². The predicted octanol–water partition coefficient (Wildman–Crippen LogP) is 3.46. The van der Waals surface area contributed by atoms with Crippen LogP contribution in [0.1, 0.15) is 17.1 Å².